The minimum absolute atomic E-state index is 0.235. The first kappa shape index (κ1) is 17.6. The number of halogens is 3. The predicted octanol–water partition coefficient (Wildman–Crippen LogP) is 3.86. The lowest BCUT2D eigenvalue weighted by Crippen LogP contribution is -2.32. The van der Waals surface area contributed by atoms with Crippen LogP contribution in [0.2, 0.25) is 0 Å². The fourth-order valence-corrected chi connectivity index (χ4v) is 3.12. The number of nitrogens with zero attached hydrogens (tertiary/aromatic N) is 2. The molecule has 0 saturated carbocycles. The number of hydrogen-bond donors (Lipinski definition) is 0. The number of carbonyl (C=O) groups is 1. The third-order valence-corrected chi connectivity index (χ3v) is 4.59. The highest BCUT2D eigenvalue weighted by Crippen LogP contribution is 2.31. The van der Waals surface area contributed by atoms with Crippen LogP contribution in [0.4, 0.5) is 13.2 Å². The highest BCUT2D eigenvalue weighted by molar-refractivity contribution is 7.13. The van der Waals surface area contributed by atoms with Gasteiger partial charge >= 0.3 is 6.18 Å². The second-order valence-electron chi connectivity index (χ2n) is 5.44. The van der Waals surface area contributed by atoms with E-state index in [0.29, 0.717) is 23.8 Å². The van der Waals surface area contributed by atoms with Gasteiger partial charge in [0, 0.05) is 36.3 Å². The first-order valence-corrected chi connectivity index (χ1v) is 8.49. The first-order valence-electron chi connectivity index (χ1n) is 7.61. The Morgan fingerprint density at radius 2 is 1.88 bits per heavy atom. The zero-order chi connectivity index (χ0) is 17.9. The minimum Gasteiger partial charge on any atom is -0.378 e. The van der Waals surface area contributed by atoms with E-state index in [0.717, 1.165) is 25.2 Å². The van der Waals surface area contributed by atoms with Crippen LogP contribution in [0, 0.1) is 0 Å². The van der Waals surface area contributed by atoms with Crippen molar-refractivity contribution in [2.75, 3.05) is 26.3 Å². The molecule has 0 spiro atoms. The second-order valence-corrected chi connectivity index (χ2v) is 6.30. The molecule has 25 heavy (non-hydrogen) atoms. The molecule has 0 amide bonds. The fourth-order valence-electron chi connectivity index (χ4n) is 2.31. The van der Waals surface area contributed by atoms with Crippen molar-refractivity contribution >= 4 is 17.1 Å². The van der Waals surface area contributed by atoms with E-state index in [1.165, 1.54) is 29.5 Å². The average molecular weight is 368 g/mol. The molecule has 1 aromatic heterocycles. The molecule has 1 saturated heterocycles. The van der Waals surface area contributed by atoms with Gasteiger partial charge in [-0.2, -0.15) is 13.2 Å². The van der Waals surface area contributed by atoms with Crippen LogP contribution in [0.5, 0.6) is 0 Å². The molecule has 2 aromatic rings. The van der Waals surface area contributed by atoms with Crippen LogP contribution in [0.1, 0.15) is 16.1 Å². The molecule has 0 atom stereocenters. The number of morpholine rings is 1. The molecule has 2 heterocycles. The molecule has 0 aliphatic carbocycles. The van der Waals surface area contributed by atoms with Gasteiger partial charge in [0.15, 0.2) is 0 Å². The minimum atomic E-state index is -4.37. The monoisotopic (exact) mass is 368 g/mol. The summed E-state index contributed by atoms with van der Waals surface area (Å²) < 4.78 is 43.0. The van der Waals surface area contributed by atoms with E-state index in [1.807, 2.05) is 4.90 Å². The summed E-state index contributed by atoms with van der Waals surface area (Å²) in [7, 11) is 0. The van der Waals surface area contributed by atoms with E-state index in [2.05, 4.69) is 4.98 Å². The van der Waals surface area contributed by atoms with Crippen molar-refractivity contribution in [1.29, 1.82) is 0 Å². The van der Waals surface area contributed by atoms with Crippen molar-refractivity contribution in [3.63, 3.8) is 0 Å². The maximum Gasteiger partial charge on any atom is 0.416 e. The molecule has 0 radical (unpaired) electrons. The Labute approximate surface area is 146 Å². The van der Waals surface area contributed by atoms with Crippen LogP contribution in [0.15, 0.2) is 41.9 Å². The van der Waals surface area contributed by atoms with Gasteiger partial charge in [-0.1, -0.05) is 12.1 Å². The molecular formula is C17H15F3N2O2S. The van der Waals surface area contributed by atoms with Gasteiger partial charge in [-0.15, -0.1) is 11.3 Å². The maximum atomic E-state index is 12.6. The number of hydrogen-bond acceptors (Lipinski definition) is 5. The van der Waals surface area contributed by atoms with Crippen molar-refractivity contribution in [3.8, 4) is 10.6 Å². The van der Waals surface area contributed by atoms with Crippen LogP contribution in [-0.2, 0) is 10.9 Å². The number of allylic oxidation sites excluding steroid dienone is 1. The highest BCUT2D eigenvalue weighted by atomic mass is 32.1. The fraction of sp³-hybridized carbons (Fsp3) is 0.294. The molecule has 4 nitrogen and oxygen atoms in total. The predicted molar refractivity (Wildman–Crippen MR) is 88.4 cm³/mol. The van der Waals surface area contributed by atoms with E-state index >= 15 is 0 Å². The van der Waals surface area contributed by atoms with Gasteiger partial charge in [-0.25, -0.2) is 4.98 Å². The number of ketones is 1. The molecule has 1 aliphatic heterocycles. The Morgan fingerprint density at radius 3 is 2.52 bits per heavy atom. The Balaban J connectivity index is 1.69. The number of carbonyl (C=O) groups excluding carboxylic acids is 1. The number of aromatic nitrogens is 1. The van der Waals surface area contributed by atoms with Crippen LogP contribution in [0.25, 0.3) is 10.6 Å². The topological polar surface area (TPSA) is 42.4 Å². The number of thiazole rings is 1. The lowest BCUT2D eigenvalue weighted by atomic mass is 10.1. The van der Waals surface area contributed by atoms with Gasteiger partial charge in [0.1, 0.15) is 10.7 Å². The molecule has 0 N–H and O–H groups in total. The van der Waals surface area contributed by atoms with Gasteiger partial charge in [-0.3, -0.25) is 4.79 Å². The van der Waals surface area contributed by atoms with Crippen molar-refractivity contribution in [3.05, 3.63) is 53.2 Å². The van der Waals surface area contributed by atoms with E-state index < -0.39 is 11.7 Å². The lowest BCUT2D eigenvalue weighted by molar-refractivity contribution is -0.137. The standard InChI is InChI=1S/C17H15F3N2O2S/c18-17(19,20)13-3-1-12(2-4-13)16-21-14(11-25-16)15(23)5-6-22-7-9-24-10-8-22/h1-6,11H,7-10H2. The molecule has 1 aromatic carbocycles. The van der Waals surface area contributed by atoms with Gasteiger partial charge in [0.2, 0.25) is 5.78 Å². The van der Waals surface area contributed by atoms with Crippen molar-refractivity contribution < 1.29 is 22.7 Å². The summed E-state index contributed by atoms with van der Waals surface area (Å²) in [5.74, 6) is -0.235. The quantitative estimate of drug-likeness (QED) is 0.607. The van der Waals surface area contributed by atoms with Crippen LogP contribution < -0.4 is 0 Å². The Bertz CT molecular complexity index is 763. The summed E-state index contributed by atoms with van der Waals surface area (Å²) in [6, 6.07) is 4.74. The van der Waals surface area contributed by atoms with E-state index in [1.54, 1.807) is 11.6 Å². The van der Waals surface area contributed by atoms with Crippen molar-refractivity contribution in [1.82, 2.24) is 9.88 Å². The molecule has 1 aliphatic rings. The van der Waals surface area contributed by atoms with E-state index in [-0.39, 0.29) is 11.5 Å². The van der Waals surface area contributed by atoms with E-state index in [4.69, 9.17) is 4.74 Å². The van der Waals surface area contributed by atoms with E-state index in [9.17, 15) is 18.0 Å². The summed E-state index contributed by atoms with van der Waals surface area (Å²) in [6.07, 6.45) is -1.19. The molecule has 132 valence electrons. The summed E-state index contributed by atoms with van der Waals surface area (Å²) in [6.45, 7) is 2.73. The average Bonchev–Trinajstić information content (AvgIpc) is 3.10. The molecular weight excluding hydrogens is 353 g/mol. The van der Waals surface area contributed by atoms with Crippen molar-refractivity contribution in [2.45, 2.75) is 6.18 Å². The zero-order valence-electron chi connectivity index (χ0n) is 13.1. The highest BCUT2D eigenvalue weighted by Gasteiger charge is 2.30. The van der Waals surface area contributed by atoms with Crippen LogP contribution in [-0.4, -0.2) is 42.0 Å². The summed E-state index contributed by atoms with van der Waals surface area (Å²) in [5.41, 5.74) is 0.121. The number of ether oxygens (including phenoxy) is 1. The SMILES string of the molecule is O=C(C=CN1CCOCC1)c1csc(-c2ccc(C(F)(F)F)cc2)n1. The second kappa shape index (κ2) is 7.37. The zero-order valence-corrected chi connectivity index (χ0v) is 13.9. The normalized spacial score (nSPS) is 15.7. The Kier molecular flexibility index (Phi) is 5.19. The largest absolute Gasteiger partial charge is 0.416 e. The molecule has 0 bridgehead atoms. The van der Waals surface area contributed by atoms with Gasteiger partial charge < -0.3 is 9.64 Å². The smallest absolute Gasteiger partial charge is 0.378 e. The van der Waals surface area contributed by atoms with Crippen molar-refractivity contribution in [2.24, 2.45) is 0 Å². The van der Waals surface area contributed by atoms with Gasteiger partial charge in [0.25, 0.3) is 0 Å². The molecule has 3 rings (SSSR count). The summed E-state index contributed by atoms with van der Waals surface area (Å²) >= 11 is 1.23. The third kappa shape index (κ3) is 4.46. The van der Waals surface area contributed by atoms with Crippen LogP contribution >= 0.6 is 11.3 Å². The molecule has 8 heteroatoms. The number of alkyl halides is 3. The summed E-state index contributed by atoms with van der Waals surface area (Å²) in [4.78, 5) is 18.4. The molecule has 0 unspecified atom stereocenters. The third-order valence-electron chi connectivity index (χ3n) is 3.70. The maximum absolute atomic E-state index is 12.6. The van der Waals surface area contributed by atoms with Crippen LogP contribution in [0.3, 0.4) is 0 Å². The number of rotatable bonds is 4. The van der Waals surface area contributed by atoms with Gasteiger partial charge in [0.05, 0.1) is 18.8 Å². The Morgan fingerprint density at radius 1 is 1.20 bits per heavy atom. The first-order chi connectivity index (χ1) is 11.9. The Hall–Kier alpha value is -2.19. The number of benzene rings is 1. The lowest BCUT2D eigenvalue weighted by Gasteiger charge is -2.24. The van der Waals surface area contributed by atoms with Gasteiger partial charge in [-0.05, 0) is 12.1 Å². The summed E-state index contributed by atoms with van der Waals surface area (Å²) in [5, 5.41) is 2.12. The molecule has 1 fully saturated rings.